The van der Waals surface area contributed by atoms with Crippen molar-refractivity contribution in [2.75, 3.05) is 0 Å². The van der Waals surface area contributed by atoms with Crippen LogP contribution in [0, 0.1) is 5.41 Å². The van der Waals surface area contributed by atoms with Crippen LogP contribution in [0.2, 0.25) is 0 Å². The molecule has 0 aliphatic rings. The quantitative estimate of drug-likeness (QED) is 0.872. The summed E-state index contributed by atoms with van der Waals surface area (Å²) in [5, 5.41) is 9.10. The molecule has 0 spiro atoms. The molecule has 3 nitrogen and oxygen atoms in total. The number of aromatic nitrogens is 1. The van der Waals surface area contributed by atoms with Gasteiger partial charge in [-0.05, 0) is 29.9 Å². The Kier molecular flexibility index (Phi) is 3.91. The van der Waals surface area contributed by atoms with Crippen molar-refractivity contribution in [3.63, 3.8) is 0 Å². The Morgan fingerprint density at radius 2 is 1.94 bits per heavy atom. The lowest BCUT2D eigenvalue weighted by atomic mass is 9.89. The largest absolute Gasteiger partial charge is 0.478 e. The maximum absolute atomic E-state index is 11.1. The SMILES string of the molecule is CC(C)c1nc(CC(C)(C)C)ccc1C(=O)O. The van der Waals surface area contributed by atoms with Gasteiger partial charge < -0.3 is 5.11 Å². The summed E-state index contributed by atoms with van der Waals surface area (Å²) in [6, 6.07) is 3.49. The van der Waals surface area contributed by atoms with E-state index in [1.54, 1.807) is 6.07 Å². The van der Waals surface area contributed by atoms with Crippen molar-refractivity contribution in [3.8, 4) is 0 Å². The van der Waals surface area contributed by atoms with Crippen molar-refractivity contribution in [3.05, 3.63) is 29.1 Å². The second-order valence-electron chi connectivity index (χ2n) is 5.93. The Labute approximate surface area is 103 Å². The summed E-state index contributed by atoms with van der Waals surface area (Å²) in [5.74, 6) is -0.774. The fourth-order valence-electron chi connectivity index (χ4n) is 1.78. The average molecular weight is 235 g/mol. The predicted octanol–water partition coefficient (Wildman–Crippen LogP) is 3.49. The van der Waals surface area contributed by atoms with E-state index >= 15 is 0 Å². The first-order valence-electron chi connectivity index (χ1n) is 5.94. The van der Waals surface area contributed by atoms with Crippen LogP contribution in [0.4, 0.5) is 0 Å². The lowest BCUT2D eigenvalue weighted by molar-refractivity contribution is 0.0694. The van der Waals surface area contributed by atoms with E-state index in [0.29, 0.717) is 11.3 Å². The maximum atomic E-state index is 11.1. The number of rotatable bonds is 3. The van der Waals surface area contributed by atoms with Crippen molar-refractivity contribution in [2.24, 2.45) is 5.41 Å². The fraction of sp³-hybridized carbons (Fsp3) is 0.571. The van der Waals surface area contributed by atoms with Crippen LogP contribution in [-0.2, 0) is 6.42 Å². The topological polar surface area (TPSA) is 50.2 Å². The maximum Gasteiger partial charge on any atom is 0.337 e. The van der Waals surface area contributed by atoms with Gasteiger partial charge in [-0.2, -0.15) is 0 Å². The minimum atomic E-state index is -0.900. The molecule has 0 bridgehead atoms. The van der Waals surface area contributed by atoms with Gasteiger partial charge in [0.1, 0.15) is 0 Å². The highest BCUT2D eigenvalue weighted by atomic mass is 16.4. The highest BCUT2D eigenvalue weighted by Gasteiger charge is 2.18. The van der Waals surface area contributed by atoms with Crippen LogP contribution in [0.1, 0.15) is 62.3 Å². The number of hydrogen-bond acceptors (Lipinski definition) is 2. The van der Waals surface area contributed by atoms with E-state index in [9.17, 15) is 4.79 Å². The number of carboxylic acid groups (broad SMARTS) is 1. The van der Waals surface area contributed by atoms with Gasteiger partial charge in [0.05, 0.1) is 11.3 Å². The minimum absolute atomic E-state index is 0.126. The molecule has 0 fully saturated rings. The molecular formula is C14H21NO2. The third-order valence-corrected chi connectivity index (χ3v) is 2.47. The normalized spacial score (nSPS) is 11.9. The highest BCUT2D eigenvalue weighted by Crippen LogP contribution is 2.23. The second-order valence-corrected chi connectivity index (χ2v) is 5.93. The van der Waals surface area contributed by atoms with E-state index in [0.717, 1.165) is 12.1 Å². The third kappa shape index (κ3) is 3.84. The fourth-order valence-corrected chi connectivity index (χ4v) is 1.78. The summed E-state index contributed by atoms with van der Waals surface area (Å²) in [7, 11) is 0. The van der Waals surface area contributed by atoms with Gasteiger partial charge in [0.15, 0.2) is 0 Å². The molecule has 0 aromatic carbocycles. The molecule has 1 rings (SSSR count). The zero-order valence-corrected chi connectivity index (χ0v) is 11.2. The minimum Gasteiger partial charge on any atom is -0.478 e. The summed E-state index contributed by atoms with van der Waals surface area (Å²) in [6.07, 6.45) is 0.854. The van der Waals surface area contributed by atoms with Crippen molar-refractivity contribution in [1.29, 1.82) is 0 Å². The van der Waals surface area contributed by atoms with Gasteiger partial charge in [0.2, 0.25) is 0 Å². The zero-order chi connectivity index (χ0) is 13.2. The Balaban J connectivity index is 3.15. The van der Waals surface area contributed by atoms with Crippen LogP contribution in [0.25, 0.3) is 0 Å². The lowest BCUT2D eigenvalue weighted by Gasteiger charge is -2.19. The number of carboxylic acids is 1. The number of pyridine rings is 1. The van der Waals surface area contributed by atoms with Gasteiger partial charge in [-0.15, -0.1) is 0 Å². The van der Waals surface area contributed by atoms with Crippen LogP contribution >= 0.6 is 0 Å². The molecule has 0 amide bonds. The molecule has 17 heavy (non-hydrogen) atoms. The van der Waals surface area contributed by atoms with E-state index in [2.05, 4.69) is 25.8 Å². The van der Waals surface area contributed by atoms with Gasteiger partial charge in [-0.1, -0.05) is 34.6 Å². The molecule has 0 saturated heterocycles. The van der Waals surface area contributed by atoms with Gasteiger partial charge in [-0.3, -0.25) is 4.98 Å². The Morgan fingerprint density at radius 1 is 1.35 bits per heavy atom. The summed E-state index contributed by atoms with van der Waals surface area (Å²) in [5.41, 5.74) is 2.12. The summed E-state index contributed by atoms with van der Waals surface area (Å²) in [6.45, 7) is 10.4. The number of nitrogens with zero attached hydrogens (tertiary/aromatic N) is 1. The molecule has 1 N–H and O–H groups in total. The molecule has 0 aliphatic heterocycles. The van der Waals surface area contributed by atoms with E-state index in [4.69, 9.17) is 5.11 Å². The average Bonchev–Trinajstić information content (AvgIpc) is 2.14. The summed E-state index contributed by atoms with van der Waals surface area (Å²) >= 11 is 0. The Morgan fingerprint density at radius 3 is 2.35 bits per heavy atom. The zero-order valence-electron chi connectivity index (χ0n) is 11.2. The van der Waals surface area contributed by atoms with Gasteiger partial charge in [0, 0.05) is 5.69 Å². The van der Waals surface area contributed by atoms with E-state index < -0.39 is 5.97 Å². The second kappa shape index (κ2) is 4.86. The van der Waals surface area contributed by atoms with Crippen LogP contribution in [0.3, 0.4) is 0 Å². The van der Waals surface area contributed by atoms with Crippen molar-refractivity contribution >= 4 is 5.97 Å². The standard InChI is InChI=1S/C14H21NO2/c1-9(2)12-11(13(16)17)7-6-10(15-12)8-14(3,4)5/h6-7,9H,8H2,1-5H3,(H,16,17). The Bertz CT molecular complexity index is 417. The van der Waals surface area contributed by atoms with Crippen LogP contribution < -0.4 is 0 Å². The first-order valence-corrected chi connectivity index (χ1v) is 5.94. The smallest absolute Gasteiger partial charge is 0.337 e. The lowest BCUT2D eigenvalue weighted by Crippen LogP contribution is -2.13. The molecule has 1 heterocycles. The number of carbonyl (C=O) groups is 1. The summed E-state index contributed by atoms with van der Waals surface area (Å²) in [4.78, 5) is 15.6. The first kappa shape index (κ1) is 13.7. The van der Waals surface area contributed by atoms with Crippen LogP contribution in [-0.4, -0.2) is 16.1 Å². The van der Waals surface area contributed by atoms with E-state index in [-0.39, 0.29) is 11.3 Å². The van der Waals surface area contributed by atoms with Crippen molar-refractivity contribution in [2.45, 2.75) is 47.0 Å². The summed E-state index contributed by atoms with van der Waals surface area (Å²) < 4.78 is 0. The number of hydrogen-bond donors (Lipinski definition) is 1. The molecule has 3 heteroatoms. The monoisotopic (exact) mass is 235 g/mol. The van der Waals surface area contributed by atoms with Gasteiger partial charge in [-0.25, -0.2) is 4.79 Å². The molecule has 94 valence electrons. The molecule has 1 aromatic heterocycles. The van der Waals surface area contributed by atoms with Gasteiger partial charge >= 0.3 is 5.97 Å². The Hall–Kier alpha value is -1.38. The van der Waals surface area contributed by atoms with Crippen molar-refractivity contribution in [1.82, 2.24) is 4.98 Å². The van der Waals surface area contributed by atoms with Crippen LogP contribution in [0.5, 0.6) is 0 Å². The molecule has 0 aliphatic carbocycles. The van der Waals surface area contributed by atoms with E-state index in [1.165, 1.54) is 0 Å². The van der Waals surface area contributed by atoms with Crippen molar-refractivity contribution < 1.29 is 9.90 Å². The molecule has 0 radical (unpaired) electrons. The molecule has 0 saturated carbocycles. The third-order valence-electron chi connectivity index (χ3n) is 2.47. The molecule has 1 aromatic rings. The molecule has 0 unspecified atom stereocenters. The molecule has 0 atom stereocenters. The highest BCUT2D eigenvalue weighted by molar-refractivity contribution is 5.89. The predicted molar refractivity (Wildman–Crippen MR) is 68.4 cm³/mol. The van der Waals surface area contributed by atoms with E-state index in [1.807, 2.05) is 19.9 Å². The number of aromatic carboxylic acids is 1. The first-order chi connectivity index (χ1) is 7.70. The van der Waals surface area contributed by atoms with Gasteiger partial charge in [0.25, 0.3) is 0 Å². The molecular weight excluding hydrogens is 214 g/mol. The van der Waals surface area contributed by atoms with Crippen LogP contribution in [0.15, 0.2) is 12.1 Å².